The standard InChI is InChI=1S/C9H13NO2S/c1-12-5-4-10-9(11)7-8-3-2-6-13-8/h2-3,6H,4-5,7H2,1H3,(H,10,11). The Balaban J connectivity index is 2.18. The van der Waals surface area contributed by atoms with E-state index in [0.717, 1.165) is 4.88 Å². The third-order valence-corrected chi connectivity index (χ3v) is 2.42. The number of nitrogens with one attached hydrogen (secondary N) is 1. The molecule has 0 spiro atoms. The van der Waals surface area contributed by atoms with E-state index in [1.807, 2.05) is 17.5 Å². The van der Waals surface area contributed by atoms with Crippen LogP contribution in [0, 0.1) is 0 Å². The molecule has 1 aromatic heterocycles. The summed E-state index contributed by atoms with van der Waals surface area (Å²) in [7, 11) is 1.62. The topological polar surface area (TPSA) is 38.3 Å². The van der Waals surface area contributed by atoms with Gasteiger partial charge in [0.15, 0.2) is 0 Å². The van der Waals surface area contributed by atoms with Crippen molar-refractivity contribution < 1.29 is 9.53 Å². The number of amides is 1. The molecule has 1 heterocycles. The molecule has 0 atom stereocenters. The van der Waals surface area contributed by atoms with Gasteiger partial charge in [0.25, 0.3) is 0 Å². The molecule has 0 radical (unpaired) electrons. The highest BCUT2D eigenvalue weighted by molar-refractivity contribution is 7.10. The number of methoxy groups -OCH3 is 1. The Morgan fingerprint density at radius 1 is 1.69 bits per heavy atom. The van der Waals surface area contributed by atoms with Crippen molar-refractivity contribution in [1.82, 2.24) is 5.32 Å². The molecule has 0 saturated carbocycles. The van der Waals surface area contributed by atoms with Crippen molar-refractivity contribution >= 4 is 17.2 Å². The summed E-state index contributed by atoms with van der Waals surface area (Å²) < 4.78 is 4.82. The lowest BCUT2D eigenvalue weighted by molar-refractivity contribution is -0.120. The average molecular weight is 199 g/mol. The molecule has 0 fully saturated rings. The van der Waals surface area contributed by atoms with Gasteiger partial charge < -0.3 is 10.1 Å². The van der Waals surface area contributed by atoms with Gasteiger partial charge in [-0.15, -0.1) is 11.3 Å². The first kappa shape index (κ1) is 10.2. The summed E-state index contributed by atoms with van der Waals surface area (Å²) >= 11 is 1.60. The van der Waals surface area contributed by atoms with Crippen molar-refractivity contribution in [2.45, 2.75) is 6.42 Å². The van der Waals surface area contributed by atoms with Gasteiger partial charge in [-0.25, -0.2) is 0 Å². The van der Waals surface area contributed by atoms with Crippen molar-refractivity contribution in [3.63, 3.8) is 0 Å². The Morgan fingerprint density at radius 2 is 2.54 bits per heavy atom. The van der Waals surface area contributed by atoms with Crippen LogP contribution in [-0.4, -0.2) is 26.2 Å². The Labute approximate surface area is 81.7 Å². The van der Waals surface area contributed by atoms with E-state index in [9.17, 15) is 4.79 Å². The average Bonchev–Trinajstić information content (AvgIpc) is 2.57. The van der Waals surface area contributed by atoms with E-state index in [1.54, 1.807) is 18.4 Å². The van der Waals surface area contributed by atoms with E-state index in [1.165, 1.54) is 0 Å². The van der Waals surface area contributed by atoms with Crippen LogP contribution in [0.5, 0.6) is 0 Å². The second-order valence-electron chi connectivity index (χ2n) is 2.60. The van der Waals surface area contributed by atoms with Gasteiger partial charge in [0.1, 0.15) is 0 Å². The molecule has 0 unspecified atom stereocenters. The highest BCUT2D eigenvalue weighted by atomic mass is 32.1. The predicted octanol–water partition coefficient (Wildman–Crippen LogP) is 1.05. The number of carbonyl (C=O) groups excluding carboxylic acids is 1. The molecular formula is C9H13NO2S. The zero-order valence-electron chi connectivity index (χ0n) is 7.58. The molecule has 4 heteroatoms. The number of thiophene rings is 1. The molecule has 0 aliphatic heterocycles. The summed E-state index contributed by atoms with van der Waals surface area (Å²) in [4.78, 5) is 12.3. The van der Waals surface area contributed by atoms with Gasteiger partial charge in [0.05, 0.1) is 13.0 Å². The fourth-order valence-corrected chi connectivity index (χ4v) is 1.63. The Bertz CT molecular complexity index is 246. The molecule has 0 aromatic carbocycles. The summed E-state index contributed by atoms with van der Waals surface area (Å²) in [5.74, 6) is 0.0551. The molecule has 72 valence electrons. The molecule has 0 saturated heterocycles. The third-order valence-electron chi connectivity index (χ3n) is 1.54. The number of carbonyl (C=O) groups is 1. The van der Waals surface area contributed by atoms with Crippen LogP contribution in [-0.2, 0) is 16.0 Å². The second kappa shape index (κ2) is 5.72. The van der Waals surface area contributed by atoms with Gasteiger partial charge >= 0.3 is 0 Å². The predicted molar refractivity (Wildman–Crippen MR) is 52.9 cm³/mol. The number of hydrogen-bond donors (Lipinski definition) is 1. The van der Waals surface area contributed by atoms with Gasteiger partial charge in [0, 0.05) is 18.5 Å². The maximum absolute atomic E-state index is 11.2. The van der Waals surface area contributed by atoms with Crippen molar-refractivity contribution in [2.24, 2.45) is 0 Å². The van der Waals surface area contributed by atoms with Gasteiger partial charge in [-0.3, -0.25) is 4.79 Å². The van der Waals surface area contributed by atoms with Crippen LogP contribution in [0.1, 0.15) is 4.88 Å². The molecule has 1 N–H and O–H groups in total. The molecule has 0 aliphatic carbocycles. The molecule has 0 aliphatic rings. The minimum atomic E-state index is 0.0551. The maximum Gasteiger partial charge on any atom is 0.225 e. The van der Waals surface area contributed by atoms with Gasteiger partial charge in [-0.1, -0.05) is 6.07 Å². The van der Waals surface area contributed by atoms with Crippen molar-refractivity contribution in [3.05, 3.63) is 22.4 Å². The fraction of sp³-hybridized carbons (Fsp3) is 0.444. The minimum Gasteiger partial charge on any atom is -0.383 e. The first-order chi connectivity index (χ1) is 6.33. The monoisotopic (exact) mass is 199 g/mol. The minimum absolute atomic E-state index is 0.0551. The molecular weight excluding hydrogens is 186 g/mol. The summed E-state index contributed by atoms with van der Waals surface area (Å²) in [6, 6.07) is 3.91. The fourth-order valence-electron chi connectivity index (χ4n) is 0.926. The zero-order valence-corrected chi connectivity index (χ0v) is 8.39. The molecule has 0 bridgehead atoms. The van der Waals surface area contributed by atoms with E-state index in [4.69, 9.17) is 4.74 Å². The van der Waals surface area contributed by atoms with Gasteiger partial charge in [-0.05, 0) is 11.4 Å². The van der Waals surface area contributed by atoms with E-state index in [-0.39, 0.29) is 5.91 Å². The van der Waals surface area contributed by atoms with Crippen LogP contribution < -0.4 is 5.32 Å². The van der Waals surface area contributed by atoms with Crippen molar-refractivity contribution in [3.8, 4) is 0 Å². The quantitative estimate of drug-likeness (QED) is 0.720. The summed E-state index contributed by atoms with van der Waals surface area (Å²) in [6.45, 7) is 1.15. The van der Waals surface area contributed by atoms with Gasteiger partial charge in [-0.2, -0.15) is 0 Å². The van der Waals surface area contributed by atoms with Crippen molar-refractivity contribution in [1.29, 1.82) is 0 Å². The van der Waals surface area contributed by atoms with Crippen LogP contribution in [0.4, 0.5) is 0 Å². The Hall–Kier alpha value is -0.870. The Kier molecular flexibility index (Phi) is 4.49. The van der Waals surface area contributed by atoms with Crippen LogP contribution in [0.25, 0.3) is 0 Å². The van der Waals surface area contributed by atoms with Crippen molar-refractivity contribution in [2.75, 3.05) is 20.3 Å². The molecule has 1 amide bonds. The number of hydrogen-bond acceptors (Lipinski definition) is 3. The second-order valence-corrected chi connectivity index (χ2v) is 3.63. The first-order valence-electron chi connectivity index (χ1n) is 4.11. The normalized spacial score (nSPS) is 9.92. The maximum atomic E-state index is 11.2. The lowest BCUT2D eigenvalue weighted by Gasteiger charge is -2.02. The number of rotatable bonds is 5. The zero-order chi connectivity index (χ0) is 9.52. The van der Waals surface area contributed by atoms with Gasteiger partial charge in [0.2, 0.25) is 5.91 Å². The van der Waals surface area contributed by atoms with Crippen LogP contribution in [0.3, 0.4) is 0 Å². The lowest BCUT2D eigenvalue weighted by atomic mass is 10.3. The van der Waals surface area contributed by atoms with Crippen LogP contribution in [0.2, 0.25) is 0 Å². The largest absolute Gasteiger partial charge is 0.383 e. The summed E-state index contributed by atoms with van der Waals surface area (Å²) in [5.41, 5.74) is 0. The van der Waals surface area contributed by atoms with E-state index >= 15 is 0 Å². The van der Waals surface area contributed by atoms with Crippen LogP contribution >= 0.6 is 11.3 Å². The summed E-state index contributed by atoms with van der Waals surface area (Å²) in [6.07, 6.45) is 0.474. The van der Waals surface area contributed by atoms with E-state index < -0.39 is 0 Å². The summed E-state index contributed by atoms with van der Waals surface area (Å²) in [5, 5.41) is 4.73. The highest BCUT2D eigenvalue weighted by Crippen LogP contribution is 2.08. The molecule has 3 nitrogen and oxygen atoms in total. The SMILES string of the molecule is COCCNC(=O)Cc1cccs1. The third kappa shape index (κ3) is 4.05. The van der Waals surface area contributed by atoms with Crippen LogP contribution in [0.15, 0.2) is 17.5 Å². The van der Waals surface area contributed by atoms with E-state index in [0.29, 0.717) is 19.6 Å². The highest BCUT2D eigenvalue weighted by Gasteiger charge is 2.02. The smallest absolute Gasteiger partial charge is 0.225 e. The lowest BCUT2D eigenvalue weighted by Crippen LogP contribution is -2.28. The molecule has 1 rings (SSSR count). The molecule has 1 aromatic rings. The number of ether oxygens (including phenoxy) is 1. The Morgan fingerprint density at radius 3 is 3.15 bits per heavy atom. The first-order valence-corrected chi connectivity index (χ1v) is 4.99. The molecule has 13 heavy (non-hydrogen) atoms. The van der Waals surface area contributed by atoms with E-state index in [2.05, 4.69) is 5.32 Å².